The van der Waals surface area contributed by atoms with E-state index in [0.29, 0.717) is 5.71 Å². The van der Waals surface area contributed by atoms with Crippen LogP contribution in [0.2, 0.25) is 0 Å². The maximum absolute atomic E-state index is 11.7. The summed E-state index contributed by atoms with van der Waals surface area (Å²) in [5, 5.41) is 3.61. The Morgan fingerprint density at radius 2 is 2.07 bits per heavy atom. The lowest BCUT2D eigenvalue weighted by molar-refractivity contribution is -0.125. The number of rotatable bonds is 2. The van der Waals surface area contributed by atoms with E-state index in [9.17, 15) is 4.79 Å². The highest BCUT2D eigenvalue weighted by atomic mass is 16.6. The van der Waals surface area contributed by atoms with Crippen molar-refractivity contribution in [2.24, 2.45) is 10.9 Å². The van der Waals surface area contributed by atoms with Gasteiger partial charge in [0.25, 0.3) is 5.91 Å². The average Bonchev–Trinajstić information content (AvgIpc) is 2.18. The molecule has 1 heterocycles. The summed E-state index contributed by atoms with van der Waals surface area (Å²) in [6.07, 6.45) is 1.73. The normalized spacial score (nSPS) is 19.6. The largest absolute Gasteiger partial charge is 0.399 e. The first-order chi connectivity index (χ1) is 6.65. The molecule has 0 unspecified atom stereocenters. The molecule has 0 radical (unpaired) electrons. The third kappa shape index (κ3) is 2.70. The molecule has 1 fully saturated rings. The fraction of sp³-hybridized carbons (Fsp3) is 0.778. The smallest absolute Gasteiger partial charge is 0.271 e. The Hall–Kier alpha value is -1.10. The number of piperidine rings is 1. The topological polar surface area (TPSA) is 67.9 Å². The Morgan fingerprint density at radius 3 is 2.57 bits per heavy atom. The van der Waals surface area contributed by atoms with Crippen molar-refractivity contribution in [1.82, 2.24) is 4.90 Å². The van der Waals surface area contributed by atoms with Crippen LogP contribution in [0.1, 0.15) is 19.8 Å². The van der Waals surface area contributed by atoms with Gasteiger partial charge in [0.2, 0.25) is 0 Å². The summed E-state index contributed by atoms with van der Waals surface area (Å²) in [5.41, 5.74) is 6.13. The summed E-state index contributed by atoms with van der Waals surface area (Å²) in [7, 11) is 1.43. The fourth-order valence-electron chi connectivity index (χ4n) is 1.51. The second kappa shape index (κ2) is 4.95. The van der Waals surface area contributed by atoms with Gasteiger partial charge in [0.05, 0.1) is 0 Å². The van der Waals surface area contributed by atoms with E-state index >= 15 is 0 Å². The van der Waals surface area contributed by atoms with Crippen molar-refractivity contribution in [3.05, 3.63) is 0 Å². The summed E-state index contributed by atoms with van der Waals surface area (Å²) in [4.78, 5) is 18.0. The molecule has 0 aromatic heterocycles. The average molecular weight is 199 g/mol. The van der Waals surface area contributed by atoms with Gasteiger partial charge in [-0.05, 0) is 19.8 Å². The van der Waals surface area contributed by atoms with Crippen molar-refractivity contribution >= 4 is 11.6 Å². The van der Waals surface area contributed by atoms with Gasteiger partial charge < -0.3 is 15.5 Å². The molecule has 1 rings (SSSR count). The van der Waals surface area contributed by atoms with Crippen LogP contribution in [0.4, 0.5) is 0 Å². The highest BCUT2D eigenvalue weighted by Gasteiger charge is 2.22. The molecule has 0 aromatic carbocycles. The third-order valence-electron chi connectivity index (χ3n) is 2.36. The minimum absolute atomic E-state index is 0.0567. The standard InChI is InChI=1S/C9H17N3O2/c1-7(11-14-2)9(13)12-5-3-8(10)4-6-12/h8H,3-6,10H2,1-2H3/b11-7+. The third-order valence-corrected chi connectivity index (χ3v) is 2.36. The maximum Gasteiger partial charge on any atom is 0.271 e. The van der Waals surface area contributed by atoms with Crippen LogP contribution in [0.5, 0.6) is 0 Å². The van der Waals surface area contributed by atoms with Crippen molar-refractivity contribution in [1.29, 1.82) is 0 Å². The van der Waals surface area contributed by atoms with Crippen LogP contribution in [0.15, 0.2) is 5.16 Å². The molecule has 80 valence electrons. The minimum atomic E-state index is -0.0567. The monoisotopic (exact) mass is 199 g/mol. The van der Waals surface area contributed by atoms with E-state index in [4.69, 9.17) is 5.73 Å². The summed E-state index contributed by atoms with van der Waals surface area (Å²) in [6.45, 7) is 3.09. The molecule has 1 aliphatic rings. The van der Waals surface area contributed by atoms with E-state index in [0.717, 1.165) is 25.9 Å². The van der Waals surface area contributed by atoms with Crippen molar-refractivity contribution in [2.75, 3.05) is 20.2 Å². The molecule has 0 aromatic rings. The van der Waals surface area contributed by atoms with E-state index in [1.165, 1.54) is 7.11 Å². The lowest BCUT2D eigenvalue weighted by Crippen LogP contribution is -2.45. The molecule has 5 nitrogen and oxygen atoms in total. The van der Waals surface area contributed by atoms with Gasteiger partial charge >= 0.3 is 0 Å². The SMILES string of the molecule is CO/N=C(\C)C(=O)N1CCC(N)CC1. The molecule has 0 saturated carbocycles. The molecule has 1 aliphatic heterocycles. The number of hydrogen-bond acceptors (Lipinski definition) is 4. The van der Waals surface area contributed by atoms with Crippen LogP contribution in [0.3, 0.4) is 0 Å². The lowest BCUT2D eigenvalue weighted by Gasteiger charge is -2.29. The minimum Gasteiger partial charge on any atom is -0.399 e. The summed E-state index contributed by atoms with van der Waals surface area (Å²) < 4.78 is 0. The lowest BCUT2D eigenvalue weighted by atomic mass is 10.1. The number of carbonyl (C=O) groups is 1. The zero-order chi connectivity index (χ0) is 10.6. The van der Waals surface area contributed by atoms with Gasteiger partial charge in [-0.2, -0.15) is 0 Å². The summed E-state index contributed by atoms with van der Waals surface area (Å²) in [6, 6.07) is 0.235. The van der Waals surface area contributed by atoms with Crippen LogP contribution >= 0.6 is 0 Å². The highest BCUT2D eigenvalue weighted by molar-refractivity contribution is 6.37. The van der Waals surface area contributed by atoms with Crippen LogP contribution in [0, 0.1) is 0 Å². The number of hydrogen-bond donors (Lipinski definition) is 1. The molecule has 1 amide bonds. The van der Waals surface area contributed by atoms with Gasteiger partial charge in [-0.15, -0.1) is 0 Å². The van der Waals surface area contributed by atoms with Crippen molar-refractivity contribution < 1.29 is 9.63 Å². The van der Waals surface area contributed by atoms with Gasteiger partial charge in [0, 0.05) is 19.1 Å². The van der Waals surface area contributed by atoms with Crippen LogP contribution < -0.4 is 5.73 Å². The molecule has 14 heavy (non-hydrogen) atoms. The van der Waals surface area contributed by atoms with E-state index in [-0.39, 0.29) is 11.9 Å². The highest BCUT2D eigenvalue weighted by Crippen LogP contribution is 2.08. The van der Waals surface area contributed by atoms with Crippen molar-refractivity contribution in [2.45, 2.75) is 25.8 Å². The van der Waals surface area contributed by atoms with Crippen LogP contribution in [-0.4, -0.2) is 42.8 Å². The van der Waals surface area contributed by atoms with E-state index in [2.05, 4.69) is 9.99 Å². The van der Waals surface area contributed by atoms with Gasteiger partial charge in [0.1, 0.15) is 12.8 Å². The second-order valence-corrected chi connectivity index (χ2v) is 3.49. The second-order valence-electron chi connectivity index (χ2n) is 3.49. The number of likely N-dealkylation sites (tertiary alicyclic amines) is 1. The first-order valence-corrected chi connectivity index (χ1v) is 4.77. The number of oxime groups is 1. The van der Waals surface area contributed by atoms with Gasteiger partial charge in [-0.3, -0.25) is 4.79 Å². The molecule has 2 N–H and O–H groups in total. The molecule has 1 saturated heterocycles. The molecule has 0 bridgehead atoms. The Labute approximate surface area is 83.9 Å². The van der Waals surface area contributed by atoms with Gasteiger partial charge in [-0.25, -0.2) is 0 Å². The molecule has 0 aliphatic carbocycles. The number of carbonyl (C=O) groups excluding carboxylic acids is 1. The van der Waals surface area contributed by atoms with E-state index < -0.39 is 0 Å². The molecular weight excluding hydrogens is 182 g/mol. The Morgan fingerprint density at radius 1 is 1.50 bits per heavy atom. The van der Waals surface area contributed by atoms with E-state index in [1.54, 1.807) is 11.8 Å². The predicted octanol–water partition coefficient (Wildman–Crippen LogP) is -0.0416. The number of nitrogens with zero attached hydrogens (tertiary/aromatic N) is 2. The number of nitrogens with two attached hydrogens (primary N) is 1. The quantitative estimate of drug-likeness (QED) is 0.501. The summed E-state index contributed by atoms with van der Waals surface area (Å²) in [5.74, 6) is -0.0567. The Bertz CT molecular complexity index is 232. The Balaban J connectivity index is 2.49. The summed E-state index contributed by atoms with van der Waals surface area (Å²) >= 11 is 0. The Kier molecular flexibility index (Phi) is 3.88. The fourth-order valence-corrected chi connectivity index (χ4v) is 1.51. The van der Waals surface area contributed by atoms with Gasteiger partial charge in [0.15, 0.2) is 0 Å². The molecular formula is C9H17N3O2. The maximum atomic E-state index is 11.7. The molecule has 0 spiro atoms. The van der Waals surface area contributed by atoms with Crippen molar-refractivity contribution in [3.63, 3.8) is 0 Å². The van der Waals surface area contributed by atoms with Crippen LogP contribution in [-0.2, 0) is 9.63 Å². The zero-order valence-corrected chi connectivity index (χ0v) is 8.69. The van der Waals surface area contributed by atoms with E-state index in [1.807, 2.05) is 0 Å². The predicted molar refractivity (Wildman–Crippen MR) is 53.9 cm³/mol. The van der Waals surface area contributed by atoms with Crippen LogP contribution in [0.25, 0.3) is 0 Å². The first kappa shape index (κ1) is 11.0. The molecule has 0 atom stereocenters. The zero-order valence-electron chi connectivity index (χ0n) is 8.69. The van der Waals surface area contributed by atoms with Crippen molar-refractivity contribution in [3.8, 4) is 0 Å². The first-order valence-electron chi connectivity index (χ1n) is 4.77. The molecule has 5 heteroatoms. The van der Waals surface area contributed by atoms with Gasteiger partial charge in [-0.1, -0.05) is 5.16 Å². The number of amides is 1.